The van der Waals surface area contributed by atoms with Gasteiger partial charge in [-0.3, -0.25) is 9.59 Å². The van der Waals surface area contributed by atoms with Gasteiger partial charge in [0.05, 0.1) is 6.42 Å². The number of carboxylic acids is 1. The van der Waals surface area contributed by atoms with Crippen molar-refractivity contribution in [2.75, 3.05) is 5.32 Å². The van der Waals surface area contributed by atoms with E-state index in [1.807, 2.05) is 38.1 Å². The summed E-state index contributed by atoms with van der Waals surface area (Å²) in [5.41, 5.74) is 2.55. The predicted octanol–water partition coefficient (Wildman–Crippen LogP) is 3.91. The van der Waals surface area contributed by atoms with Gasteiger partial charge in [0.15, 0.2) is 0 Å². The number of fused-ring (bicyclic) bond motifs is 1. The highest BCUT2D eigenvalue weighted by Gasteiger charge is 2.36. The number of urea groups is 1. The van der Waals surface area contributed by atoms with E-state index in [0.717, 1.165) is 11.1 Å². The molecule has 7 nitrogen and oxygen atoms in total. The van der Waals surface area contributed by atoms with E-state index in [4.69, 9.17) is 11.6 Å². The van der Waals surface area contributed by atoms with Crippen molar-refractivity contribution in [2.45, 2.75) is 45.3 Å². The van der Waals surface area contributed by atoms with Gasteiger partial charge in [0.2, 0.25) is 5.91 Å². The van der Waals surface area contributed by atoms with Gasteiger partial charge in [0.25, 0.3) is 0 Å². The minimum absolute atomic E-state index is 0.153. The summed E-state index contributed by atoms with van der Waals surface area (Å²) < 4.78 is 0. The van der Waals surface area contributed by atoms with Gasteiger partial charge in [-0.25, -0.2) is 4.79 Å². The minimum Gasteiger partial charge on any atom is -0.481 e. The number of benzene rings is 2. The SMILES string of the molecule is CC(C)C(NC(=O)Nc1cccc(Cl)c1)C(=O)N1Cc2ccccc2C[C@@H]1CC(=O)O. The first-order chi connectivity index (χ1) is 14.7. The van der Waals surface area contributed by atoms with Crippen LogP contribution in [0.3, 0.4) is 0 Å². The maximum Gasteiger partial charge on any atom is 0.319 e. The molecule has 0 saturated carbocycles. The van der Waals surface area contributed by atoms with Crippen LogP contribution in [0.4, 0.5) is 10.5 Å². The zero-order chi connectivity index (χ0) is 22.5. The maximum atomic E-state index is 13.5. The van der Waals surface area contributed by atoms with E-state index in [1.165, 1.54) is 0 Å². The summed E-state index contributed by atoms with van der Waals surface area (Å²) >= 11 is 5.95. The molecule has 3 amide bonds. The standard InChI is InChI=1S/C23H26ClN3O4/c1-14(2)21(26-23(31)25-18-9-5-8-17(24)11-18)22(30)27-13-16-7-4-3-6-15(16)10-19(27)12-20(28)29/h3-9,11,14,19,21H,10,12-13H2,1-2H3,(H,28,29)(H2,25,26,31)/t19-,21?/m1/s1. The average Bonchev–Trinajstić information content (AvgIpc) is 2.70. The van der Waals surface area contributed by atoms with E-state index in [1.54, 1.807) is 29.2 Å². The van der Waals surface area contributed by atoms with Crippen LogP contribution in [0.1, 0.15) is 31.4 Å². The minimum atomic E-state index is -0.963. The monoisotopic (exact) mass is 443 g/mol. The van der Waals surface area contributed by atoms with E-state index in [9.17, 15) is 19.5 Å². The topological polar surface area (TPSA) is 98.7 Å². The van der Waals surface area contributed by atoms with E-state index in [-0.39, 0.29) is 18.2 Å². The molecule has 2 atom stereocenters. The number of hydrogen-bond acceptors (Lipinski definition) is 3. The molecule has 3 rings (SSSR count). The largest absolute Gasteiger partial charge is 0.481 e. The summed E-state index contributed by atoms with van der Waals surface area (Å²) in [6, 6.07) is 12.6. The third-order valence-corrected chi connectivity index (χ3v) is 5.59. The molecule has 1 aliphatic rings. The lowest BCUT2D eigenvalue weighted by Gasteiger charge is -2.39. The number of carboxylic acid groups (broad SMARTS) is 1. The van der Waals surface area contributed by atoms with Crippen LogP contribution < -0.4 is 10.6 Å². The van der Waals surface area contributed by atoms with Gasteiger partial charge in [-0.2, -0.15) is 0 Å². The Balaban J connectivity index is 1.78. The van der Waals surface area contributed by atoms with Gasteiger partial charge in [-0.1, -0.05) is 55.8 Å². The normalized spacial score (nSPS) is 16.4. The highest BCUT2D eigenvalue weighted by atomic mass is 35.5. The first kappa shape index (κ1) is 22.6. The third kappa shape index (κ3) is 5.76. The molecule has 0 aromatic heterocycles. The van der Waals surface area contributed by atoms with Crippen molar-refractivity contribution in [1.29, 1.82) is 0 Å². The van der Waals surface area contributed by atoms with Crippen LogP contribution in [-0.4, -0.2) is 40.0 Å². The third-order valence-electron chi connectivity index (χ3n) is 5.35. The van der Waals surface area contributed by atoms with Crippen molar-refractivity contribution in [2.24, 2.45) is 5.92 Å². The number of halogens is 1. The molecule has 1 heterocycles. The van der Waals surface area contributed by atoms with Crippen molar-refractivity contribution in [3.05, 3.63) is 64.7 Å². The van der Waals surface area contributed by atoms with Crippen molar-refractivity contribution >= 4 is 35.2 Å². The molecular weight excluding hydrogens is 418 g/mol. The predicted molar refractivity (Wildman–Crippen MR) is 119 cm³/mol. The molecule has 0 bridgehead atoms. The number of anilines is 1. The number of hydrogen-bond donors (Lipinski definition) is 3. The Bertz CT molecular complexity index is 979. The lowest BCUT2D eigenvalue weighted by Crippen LogP contribution is -2.56. The molecule has 2 aromatic carbocycles. The number of amides is 3. The first-order valence-electron chi connectivity index (χ1n) is 10.2. The summed E-state index contributed by atoms with van der Waals surface area (Å²) in [5.74, 6) is -1.45. The Labute approximate surface area is 186 Å². The molecule has 0 aliphatic carbocycles. The molecule has 0 spiro atoms. The highest BCUT2D eigenvalue weighted by molar-refractivity contribution is 6.30. The summed E-state index contributed by atoms with van der Waals surface area (Å²) in [6.07, 6.45) is 0.313. The number of nitrogens with zero attached hydrogens (tertiary/aromatic N) is 1. The summed E-state index contributed by atoms with van der Waals surface area (Å²) in [4.78, 5) is 39.0. The molecule has 164 valence electrons. The first-order valence-corrected chi connectivity index (χ1v) is 10.5. The van der Waals surface area contributed by atoms with Crippen LogP contribution in [0.15, 0.2) is 48.5 Å². The van der Waals surface area contributed by atoms with Gasteiger partial charge in [-0.15, -0.1) is 0 Å². The second-order valence-corrected chi connectivity index (χ2v) is 8.46. The average molecular weight is 444 g/mol. The lowest BCUT2D eigenvalue weighted by molar-refractivity contribution is -0.143. The highest BCUT2D eigenvalue weighted by Crippen LogP contribution is 2.26. The fourth-order valence-corrected chi connectivity index (χ4v) is 3.99. The van der Waals surface area contributed by atoms with Crippen molar-refractivity contribution in [1.82, 2.24) is 10.2 Å². The number of nitrogens with one attached hydrogen (secondary N) is 2. The maximum absolute atomic E-state index is 13.5. The number of aliphatic carboxylic acids is 1. The Morgan fingerprint density at radius 1 is 1.13 bits per heavy atom. The van der Waals surface area contributed by atoms with Gasteiger partial charge < -0.3 is 20.6 Å². The van der Waals surface area contributed by atoms with Crippen LogP contribution in [0, 0.1) is 5.92 Å². The molecule has 3 N–H and O–H groups in total. The molecular formula is C23H26ClN3O4. The number of carbonyl (C=O) groups is 3. The number of rotatable bonds is 6. The van der Waals surface area contributed by atoms with Crippen LogP contribution in [-0.2, 0) is 22.6 Å². The molecule has 0 fully saturated rings. The Kier molecular flexibility index (Phi) is 7.17. The van der Waals surface area contributed by atoms with E-state index in [0.29, 0.717) is 23.7 Å². The summed E-state index contributed by atoms with van der Waals surface area (Å²) in [5, 5.41) is 15.3. The number of carbonyl (C=O) groups excluding carboxylic acids is 2. The van der Waals surface area contributed by atoms with E-state index < -0.39 is 24.1 Å². The van der Waals surface area contributed by atoms with Crippen LogP contribution in [0.25, 0.3) is 0 Å². The molecule has 1 aliphatic heterocycles. The van der Waals surface area contributed by atoms with Crippen molar-refractivity contribution in [3.8, 4) is 0 Å². The van der Waals surface area contributed by atoms with Crippen LogP contribution in [0.5, 0.6) is 0 Å². The quantitative estimate of drug-likeness (QED) is 0.630. The van der Waals surface area contributed by atoms with Gasteiger partial charge >= 0.3 is 12.0 Å². The van der Waals surface area contributed by atoms with Crippen LogP contribution >= 0.6 is 11.6 Å². The Hall–Kier alpha value is -3.06. The molecule has 31 heavy (non-hydrogen) atoms. The molecule has 0 saturated heterocycles. The molecule has 1 unspecified atom stereocenters. The zero-order valence-corrected chi connectivity index (χ0v) is 18.2. The van der Waals surface area contributed by atoms with Crippen molar-refractivity contribution < 1.29 is 19.5 Å². The van der Waals surface area contributed by atoms with Gasteiger partial charge in [0.1, 0.15) is 6.04 Å². The van der Waals surface area contributed by atoms with E-state index >= 15 is 0 Å². The van der Waals surface area contributed by atoms with Gasteiger partial charge in [0, 0.05) is 23.3 Å². The Morgan fingerprint density at radius 3 is 2.48 bits per heavy atom. The fraction of sp³-hybridized carbons (Fsp3) is 0.348. The van der Waals surface area contributed by atoms with E-state index in [2.05, 4.69) is 10.6 Å². The smallest absolute Gasteiger partial charge is 0.319 e. The van der Waals surface area contributed by atoms with Crippen LogP contribution in [0.2, 0.25) is 5.02 Å². The molecule has 8 heteroatoms. The van der Waals surface area contributed by atoms with Gasteiger partial charge in [-0.05, 0) is 41.7 Å². The summed E-state index contributed by atoms with van der Waals surface area (Å²) in [6.45, 7) is 3.99. The summed E-state index contributed by atoms with van der Waals surface area (Å²) in [7, 11) is 0. The fourth-order valence-electron chi connectivity index (χ4n) is 3.80. The zero-order valence-electron chi connectivity index (χ0n) is 17.5. The second-order valence-electron chi connectivity index (χ2n) is 8.02. The molecule has 2 aromatic rings. The lowest BCUT2D eigenvalue weighted by atomic mass is 9.90. The Morgan fingerprint density at radius 2 is 1.84 bits per heavy atom. The molecule has 0 radical (unpaired) electrons. The second kappa shape index (κ2) is 9.83. The van der Waals surface area contributed by atoms with Crippen molar-refractivity contribution in [3.63, 3.8) is 0 Å².